The first kappa shape index (κ1) is 14.8. The lowest BCUT2D eigenvalue weighted by Gasteiger charge is -2.32. The molecule has 1 aromatic carbocycles. The third-order valence-electron chi connectivity index (χ3n) is 3.96. The fourth-order valence-corrected chi connectivity index (χ4v) is 3.54. The van der Waals surface area contributed by atoms with Crippen molar-refractivity contribution in [1.29, 1.82) is 0 Å². The Morgan fingerprint density at radius 3 is 2.76 bits per heavy atom. The molecule has 2 aromatic rings. The second-order valence-corrected chi connectivity index (χ2v) is 6.63. The molecule has 1 aromatic heterocycles. The van der Waals surface area contributed by atoms with E-state index in [0.29, 0.717) is 0 Å². The molecular weight excluding hydrogens is 280 g/mol. The van der Waals surface area contributed by atoms with Gasteiger partial charge in [0.1, 0.15) is 11.4 Å². The van der Waals surface area contributed by atoms with Gasteiger partial charge < -0.3 is 9.80 Å². The maximum absolute atomic E-state index is 4.43. The highest BCUT2D eigenvalue weighted by atomic mass is 32.2. The van der Waals surface area contributed by atoms with Crippen LogP contribution in [0.5, 0.6) is 0 Å². The minimum absolute atomic E-state index is 1.04. The normalized spacial score (nSPS) is 17.4. The molecule has 21 heavy (non-hydrogen) atoms. The summed E-state index contributed by atoms with van der Waals surface area (Å²) in [7, 11) is 2.20. The second-order valence-electron chi connectivity index (χ2n) is 5.54. The van der Waals surface area contributed by atoms with Crippen molar-refractivity contribution in [3.05, 3.63) is 30.6 Å². The first-order chi connectivity index (χ1) is 10.3. The van der Waals surface area contributed by atoms with Gasteiger partial charge in [0, 0.05) is 37.3 Å². The number of thioether (sulfide) groups is 1. The Morgan fingerprint density at radius 1 is 1.10 bits per heavy atom. The zero-order valence-electron chi connectivity index (χ0n) is 12.5. The van der Waals surface area contributed by atoms with E-state index >= 15 is 0 Å². The summed E-state index contributed by atoms with van der Waals surface area (Å²) in [6.07, 6.45) is 2.89. The van der Waals surface area contributed by atoms with Crippen LogP contribution in [0, 0.1) is 0 Å². The van der Waals surface area contributed by atoms with Gasteiger partial charge in [-0.15, -0.1) is 11.8 Å². The summed E-state index contributed by atoms with van der Waals surface area (Å²) in [5, 5.41) is 2.28. The van der Waals surface area contributed by atoms with E-state index < -0.39 is 0 Å². The SMILES string of the molecule is CN1CCN(CCCSc2ncnc3ccccc23)CC1. The smallest absolute Gasteiger partial charge is 0.117 e. The van der Waals surface area contributed by atoms with Gasteiger partial charge >= 0.3 is 0 Å². The Morgan fingerprint density at radius 2 is 1.90 bits per heavy atom. The molecule has 1 fully saturated rings. The third kappa shape index (κ3) is 3.93. The van der Waals surface area contributed by atoms with Crippen molar-refractivity contribution < 1.29 is 0 Å². The fraction of sp³-hybridized carbons (Fsp3) is 0.500. The van der Waals surface area contributed by atoms with Gasteiger partial charge in [0.2, 0.25) is 0 Å². The van der Waals surface area contributed by atoms with Crippen molar-refractivity contribution in [3.8, 4) is 0 Å². The van der Waals surface area contributed by atoms with Gasteiger partial charge in [0.25, 0.3) is 0 Å². The largest absolute Gasteiger partial charge is 0.304 e. The van der Waals surface area contributed by atoms with Crippen LogP contribution < -0.4 is 0 Å². The van der Waals surface area contributed by atoms with E-state index in [-0.39, 0.29) is 0 Å². The van der Waals surface area contributed by atoms with E-state index in [1.165, 1.54) is 44.5 Å². The van der Waals surface area contributed by atoms with E-state index in [1.807, 2.05) is 23.9 Å². The van der Waals surface area contributed by atoms with Crippen molar-refractivity contribution in [2.45, 2.75) is 11.4 Å². The summed E-state index contributed by atoms with van der Waals surface area (Å²) < 4.78 is 0. The fourth-order valence-electron chi connectivity index (χ4n) is 2.62. The van der Waals surface area contributed by atoms with E-state index in [1.54, 1.807) is 6.33 Å². The number of fused-ring (bicyclic) bond motifs is 1. The molecule has 3 rings (SSSR count). The Hall–Kier alpha value is -1.17. The molecule has 1 aliphatic heterocycles. The van der Waals surface area contributed by atoms with Crippen LogP contribution in [0.4, 0.5) is 0 Å². The van der Waals surface area contributed by atoms with Gasteiger partial charge in [0.15, 0.2) is 0 Å². The van der Waals surface area contributed by atoms with Gasteiger partial charge in [-0.25, -0.2) is 9.97 Å². The number of benzene rings is 1. The van der Waals surface area contributed by atoms with E-state index in [4.69, 9.17) is 0 Å². The lowest BCUT2D eigenvalue weighted by atomic mass is 10.2. The number of hydrogen-bond donors (Lipinski definition) is 0. The highest BCUT2D eigenvalue weighted by Gasteiger charge is 2.13. The van der Waals surface area contributed by atoms with Crippen molar-refractivity contribution in [2.75, 3.05) is 45.5 Å². The van der Waals surface area contributed by atoms with Crippen LogP contribution in [-0.4, -0.2) is 65.3 Å². The van der Waals surface area contributed by atoms with Crippen LogP contribution in [-0.2, 0) is 0 Å². The predicted octanol–water partition coefficient (Wildman–Crippen LogP) is 2.36. The maximum atomic E-state index is 4.43. The zero-order chi connectivity index (χ0) is 14.5. The molecule has 0 saturated carbocycles. The van der Waals surface area contributed by atoms with Crippen LogP contribution in [0.25, 0.3) is 10.9 Å². The number of likely N-dealkylation sites (N-methyl/N-ethyl adjacent to an activating group) is 1. The summed E-state index contributed by atoms with van der Waals surface area (Å²) >= 11 is 1.85. The average Bonchev–Trinajstić information content (AvgIpc) is 2.53. The Bertz CT molecular complexity index is 576. The lowest BCUT2D eigenvalue weighted by Crippen LogP contribution is -2.44. The summed E-state index contributed by atoms with van der Waals surface area (Å²) in [6, 6.07) is 8.24. The van der Waals surface area contributed by atoms with Crippen LogP contribution >= 0.6 is 11.8 Å². The minimum Gasteiger partial charge on any atom is -0.304 e. The molecule has 1 saturated heterocycles. The van der Waals surface area contributed by atoms with Gasteiger partial charge in [-0.2, -0.15) is 0 Å². The first-order valence-electron chi connectivity index (χ1n) is 7.56. The molecular formula is C16H22N4S. The quantitative estimate of drug-likeness (QED) is 0.481. The summed E-state index contributed by atoms with van der Waals surface area (Å²) in [4.78, 5) is 13.7. The second kappa shape index (κ2) is 7.20. The lowest BCUT2D eigenvalue weighted by molar-refractivity contribution is 0.154. The monoisotopic (exact) mass is 302 g/mol. The van der Waals surface area contributed by atoms with Gasteiger partial charge in [-0.3, -0.25) is 0 Å². The molecule has 0 unspecified atom stereocenters. The molecule has 5 heteroatoms. The molecule has 0 atom stereocenters. The molecule has 0 radical (unpaired) electrons. The van der Waals surface area contributed by atoms with Gasteiger partial charge in [0.05, 0.1) is 5.52 Å². The van der Waals surface area contributed by atoms with Crippen molar-refractivity contribution >= 4 is 22.7 Å². The molecule has 0 N–H and O–H groups in total. The Labute approximate surface area is 130 Å². The third-order valence-corrected chi connectivity index (χ3v) is 5.05. The van der Waals surface area contributed by atoms with E-state index in [9.17, 15) is 0 Å². The highest BCUT2D eigenvalue weighted by molar-refractivity contribution is 7.99. The number of nitrogens with zero attached hydrogens (tertiary/aromatic N) is 4. The summed E-state index contributed by atoms with van der Waals surface area (Å²) in [6.45, 7) is 6.01. The predicted molar refractivity (Wildman–Crippen MR) is 88.8 cm³/mol. The van der Waals surface area contributed by atoms with Crippen molar-refractivity contribution in [3.63, 3.8) is 0 Å². The summed E-state index contributed by atoms with van der Waals surface area (Å²) in [5.74, 6) is 1.12. The Kier molecular flexibility index (Phi) is 5.06. The van der Waals surface area contributed by atoms with Crippen molar-refractivity contribution in [2.24, 2.45) is 0 Å². The molecule has 0 aliphatic carbocycles. The van der Waals surface area contributed by atoms with Gasteiger partial charge in [-0.1, -0.05) is 18.2 Å². The number of para-hydroxylation sites is 1. The standard InChI is InChI=1S/C16H22N4S/c1-19-8-10-20(11-9-19)7-4-12-21-16-14-5-2-3-6-15(14)17-13-18-16/h2-3,5-6,13H,4,7-12H2,1H3. The molecule has 112 valence electrons. The molecule has 0 amide bonds. The zero-order valence-corrected chi connectivity index (χ0v) is 13.4. The first-order valence-corrected chi connectivity index (χ1v) is 8.55. The highest BCUT2D eigenvalue weighted by Crippen LogP contribution is 2.24. The van der Waals surface area contributed by atoms with E-state index in [0.717, 1.165) is 16.3 Å². The number of rotatable bonds is 5. The topological polar surface area (TPSA) is 32.3 Å². The van der Waals surface area contributed by atoms with Crippen LogP contribution in [0.1, 0.15) is 6.42 Å². The Balaban J connectivity index is 1.48. The molecule has 1 aliphatic rings. The molecule has 2 heterocycles. The van der Waals surface area contributed by atoms with Crippen LogP contribution in [0.15, 0.2) is 35.6 Å². The number of aromatic nitrogens is 2. The molecule has 4 nitrogen and oxygen atoms in total. The van der Waals surface area contributed by atoms with Crippen molar-refractivity contribution in [1.82, 2.24) is 19.8 Å². The van der Waals surface area contributed by atoms with Crippen LogP contribution in [0.2, 0.25) is 0 Å². The van der Waals surface area contributed by atoms with E-state index in [2.05, 4.69) is 38.9 Å². The maximum Gasteiger partial charge on any atom is 0.117 e. The number of hydrogen-bond acceptors (Lipinski definition) is 5. The average molecular weight is 302 g/mol. The summed E-state index contributed by atoms with van der Waals surface area (Å²) in [5.41, 5.74) is 1.04. The minimum atomic E-state index is 1.04. The van der Waals surface area contributed by atoms with Crippen LogP contribution in [0.3, 0.4) is 0 Å². The molecule has 0 spiro atoms. The molecule has 0 bridgehead atoms. The van der Waals surface area contributed by atoms with Gasteiger partial charge in [-0.05, 0) is 26.1 Å². The number of piperazine rings is 1.